The summed E-state index contributed by atoms with van der Waals surface area (Å²) in [5, 5.41) is 0. The maximum absolute atomic E-state index is 13.2. The molecule has 3 nitrogen and oxygen atoms in total. The Hall–Kier alpha value is -1.88. The number of carbonyl (C=O) groups excluding carboxylic acids is 1. The molecule has 102 valence electrons. The summed E-state index contributed by atoms with van der Waals surface area (Å²) in [6.07, 6.45) is 0. The Labute approximate surface area is 124 Å². The molecule has 5 heteroatoms. The average molecular weight is 335 g/mol. The molecule has 2 aromatic carbocycles. The van der Waals surface area contributed by atoms with Gasteiger partial charge in [-0.2, -0.15) is 0 Å². The van der Waals surface area contributed by atoms with Crippen molar-refractivity contribution in [1.82, 2.24) is 4.90 Å². The largest absolute Gasteiger partial charge is 0.399 e. The summed E-state index contributed by atoms with van der Waals surface area (Å²) in [5.41, 5.74) is 9.09. The van der Waals surface area contributed by atoms with Gasteiger partial charge >= 0.3 is 0 Å². The number of benzene rings is 2. The SMILES string of the molecule is Nc1ccc2c(c1)CN(C(=O)c1ccc(F)c(Br)c1)C2. The van der Waals surface area contributed by atoms with E-state index in [1.807, 2.05) is 18.2 Å². The van der Waals surface area contributed by atoms with Gasteiger partial charge in [-0.1, -0.05) is 6.07 Å². The predicted molar refractivity (Wildman–Crippen MR) is 78.5 cm³/mol. The van der Waals surface area contributed by atoms with Crippen molar-refractivity contribution in [1.29, 1.82) is 0 Å². The van der Waals surface area contributed by atoms with Crippen LogP contribution in [0.1, 0.15) is 21.5 Å². The van der Waals surface area contributed by atoms with Crippen molar-refractivity contribution in [2.45, 2.75) is 13.1 Å². The van der Waals surface area contributed by atoms with Gasteiger partial charge < -0.3 is 10.6 Å². The van der Waals surface area contributed by atoms with Crippen LogP contribution in [0.5, 0.6) is 0 Å². The molecule has 0 aromatic heterocycles. The number of nitrogens with zero attached hydrogens (tertiary/aromatic N) is 1. The Morgan fingerprint density at radius 3 is 2.65 bits per heavy atom. The van der Waals surface area contributed by atoms with Crippen molar-refractivity contribution < 1.29 is 9.18 Å². The van der Waals surface area contributed by atoms with Crippen LogP contribution in [0, 0.1) is 5.82 Å². The fourth-order valence-electron chi connectivity index (χ4n) is 2.37. The molecular weight excluding hydrogens is 323 g/mol. The number of nitrogens with two attached hydrogens (primary N) is 1. The Morgan fingerprint density at radius 2 is 1.90 bits per heavy atom. The number of anilines is 1. The Kier molecular flexibility index (Phi) is 3.22. The Morgan fingerprint density at radius 1 is 1.15 bits per heavy atom. The van der Waals surface area contributed by atoms with Crippen LogP contribution in [0.25, 0.3) is 0 Å². The van der Waals surface area contributed by atoms with E-state index < -0.39 is 0 Å². The maximum Gasteiger partial charge on any atom is 0.254 e. The van der Waals surface area contributed by atoms with Crippen LogP contribution in [-0.4, -0.2) is 10.8 Å². The normalized spacial score (nSPS) is 13.4. The molecule has 0 saturated carbocycles. The molecule has 1 amide bonds. The summed E-state index contributed by atoms with van der Waals surface area (Å²) in [6.45, 7) is 1.09. The van der Waals surface area contributed by atoms with Gasteiger partial charge in [0.1, 0.15) is 5.82 Å². The van der Waals surface area contributed by atoms with Gasteiger partial charge in [0.2, 0.25) is 0 Å². The smallest absolute Gasteiger partial charge is 0.254 e. The fourth-order valence-corrected chi connectivity index (χ4v) is 2.75. The summed E-state index contributed by atoms with van der Waals surface area (Å²) < 4.78 is 13.5. The molecule has 0 spiro atoms. The van der Waals surface area contributed by atoms with Crippen LogP contribution >= 0.6 is 15.9 Å². The summed E-state index contributed by atoms with van der Waals surface area (Å²) in [7, 11) is 0. The molecule has 0 aliphatic carbocycles. The van der Waals surface area contributed by atoms with Gasteiger partial charge in [0.25, 0.3) is 5.91 Å². The first-order chi connectivity index (χ1) is 9.54. The maximum atomic E-state index is 13.2. The highest BCUT2D eigenvalue weighted by Gasteiger charge is 2.24. The van der Waals surface area contributed by atoms with Crippen molar-refractivity contribution in [2.75, 3.05) is 5.73 Å². The summed E-state index contributed by atoms with van der Waals surface area (Å²) in [4.78, 5) is 14.1. The standard InChI is InChI=1S/C15H12BrFN2O/c16-13-6-9(2-4-14(13)17)15(20)19-7-10-1-3-12(18)5-11(10)8-19/h1-6H,7-8,18H2. The lowest BCUT2D eigenvalue weighted by atomic mass is 10.1. The topological polar surface area (TPSA) is 46.3 Å². The van der Waals surface area contributed by atoms with E-state index in [4.69, 9.17) is 5.73 Å². The van der Waals surface area contributed by atoms with Crippen molar-refractivity contribution in [3.63, 3.8) is 0 Å². The fraction of sp³-hybridized carbons (Fsp3) is 0.133. The molecule has 0 bridgehead atoms. The Bertz CT molecular complexity index is 702. The second kappa shape index (κ2) is 4.90. The van der Waals surface area contributed by atoms with Gasteiger partial charge in [-0.05, 0) is 57.4 Å². The predicted octanol–water partition coefficient (Wildman–Crippen LogP) is 3.33. The summed E-state index contributed by atoms with van der Waals surface area (Å²) in [5.74, 6) is -0.487. The number of amides is 1. The van der Waals surface area contributed by atoms with Crippen LogP contribution in [-0.2, 0) is 13.1 Å². The third-order valence-corrected chi connectivity index (χ3v) is 4.01. The molecule has 20 heavy (non-hydrogen) atoms. The van der Waals surface area contributed by atoms with Crippen molar-refractivity contribution in [2.24, 2.45) is 0 Å². The van der Waals surface area contributed by atoms with Crippen LogP contribution in [0.3, 0.4) is 0 Å². The highest BCUT2D eigenvalue weighted by Crippen LogP contribution is 2.27. The van der Waals surface area contributed by atoms with Gasteiger partial charge in [0.15, 0.2) is 0 Å². The molecule has 0 radical (unpaired) electrons. The molecule has 3 rings (SSSR count). The zero-order valence-corrected chi connectivity index (χ0v) is 12.2. The minimum atomic E-state index is -0.376. The summed E-state index contributed by atoms with van der Waals surface area (Å²) in [6, 6.07) is 9.97. The molecule has 0 atom stereocenters. The third kappa shape index (κ3) is 2.29. The number of hydrogen-bond acceptors (Lipinski definition) is 2. The average Bonchev–Trinajstić information content (AvgIpc) is 2.84. The zero-order chi connectivity index (χ0) is 14.3. The summed E-state index contributed by atoms with van der Waals surface area (Å²) >= 11 is 3.10. The van der Waals surface area contributed by atoms with Gasteiger partial charge in [0.05, 0.1) is 4.47 Å². The van der Waals surface area contributed by atoms with Gasteiger partial charge in [-0.3, -0.25) is 4.79 Å². The number of hydrogen-bond donors (Lipinski definition) is 1. The van der Waals surface area contributed by atoms with Gasteiger partial charge in [-0.25, -0.2) is 4.39 Å². The second-order valence-electron chi connectivity index (χ2n) is 4.82. The van der Waals surface area contributed by atoms with E-state index >= 15 is 0 Å². The van der Waals surface area contributed by atoms with E-state index in [0.717, 1.165) is 11.1 Å². The molecule has 2 aromatic rings. The monoisotopic (exact) mass is 334 g/mol. The number of nitrogen functional groups attached to an aromatic ring is 1. The molecule has 2 N–H and O–H groups in total. The van der Waals surface area contributed by atoms with Gasteiger partial charge in [-0.15, -0.1) is 0 Å². The lowest BCUT2D eigenvalue weighted by Crippen LogP contribution is -2.25. The first-order valence-corrected chi connectivity index (χ1v) is 6.95. The van der Waals surface area contributed by atoms with E-state index in [1.165, 1.54) is 18.2 Å². The molecular formula is C15H12BrFN2O. The van der Waals surface area contributed by atoms with Crippen molar-refractivity contribution in [3.8, 4) is 0 Å². The molecule has 0 fully saturated rings. The highest BCUT2D eigenvalue weighted by atomic mass is 79.9. The molecule has 1 aliphatic heterocycles. The quantitative estimate of drug-likeness (QED) is 0.813. The minimum Gasteiger partial charge on any atom is -0.399 e. The molecule has 0 saturated heterocycles. The van der Waals surface area contributed by atoms with Crippen molar-refractivity contribution >= 4 is 27.5 Å². The van der Waals surface area contributed by atoms with Crippen LogP contribution in [0.2, 0.25) is 0 Å². The number of fused-ring (bicyclic) bond motifs is 1. The van der Waals surface area contributed by atoms with Crippen LogP contribution in [0.15, 0.2) is 40.9 Å². The second-order valence-corrected chi connectivity index (χ2v) is 5.67. The Balaban J connectivity index is 1.85. The lowest BCUT2D eigenvalue weighted by molar-refractivity contribution is 0.0751. The lowest BCUT2D eigenvalue weighted by Gasteiger charge is -2.15. The molecule has 0 unspecified atom stereocenters. The van der Waals surface area contributed by atoms with Crippen LogP contribution in [0.4, 0.5) is 10.1 Å². The van der Waals surface area contributed by atoms with Crippen molar-refractivity contribution in [3.05, 3.63) is 63.4 Å². The first kappa shape index (κ1) is 13.1. The van der Waals surface area contributed by atoms with E-state index in [-0.39, 0.29) is 11.7 Å². The van der Waals surface area contributed by atoms with E-state index in [9.17, 15) is 9.18 Å². The van der Waals surface area contributed by atoms with E-state index in [1.54, 1.807) is 4.90 Å². The highest BCUT2D eigenvalue weighted by molar-refractivity contribution is 9.10. The minimum absolute atomic E-state index is 0.111. The third-order valence-electron chi connectivity index (χ3n) is 3.41. The molecule has 1 heterocycles. The number of halogens is 2. The van der Waals surface area contributed by atoms with Crippen LogP contribution < -0.4 is 5.73 Å². The zero-order valence-electron chi connectivity index (χ0n) is 10.6. The molecule has 1 aliphatic rings. The van der Waals surface area contributed by atoms with E-state index in [0.29, 0.717) is 28.8 Å². The first-order valence-electron chi connectivity index (χ1n) is 6.16. The van der Waals surface area contributed by atoms with Gasteiger partial charge in [0, 0.05) is 24.3 Å². The number of carbonyl (C=O) groups is 1. The number of rotatable bonds is 1. The van der Waals surface area contributed by atoms with E-state index in [2.05, 4.69) is 15.9 Å².